The number of esters is 1. The van der Waals surface area contributed by atoms with Gasteiger partial charge in [0.25, 0.3) is 5.91 Å². The second kappa shape index (κ2) is 8.18. The number of amides is 1. The van der Waals surface area contributed by atoms with Crippen LogP contribution in [0, 0.1) is 0 Å². The van der Waals surface area contributed by atoms with E-state index in [2.05, 4.69) is 10.4 Å². The van der Waals surface area contributed by atoms with Gasteiger partial charge < -0.3 is 10.1 Å². The van der Waals surface area contributed by atoms with Crippen LogP contribution in [0.1, 0.15) is 62.4 Å². The molecule has 7 nitrogen and oxygen atoms in total. The molecule has 0 spiro atoms. The maximum atomic E-state index is 13.5. The van der Waals surface area contributed by atoms with Crippen LogP contribution in [0.4, 0.5) is 0 Å². The van der Waals surface area contributed by atoms with Crippen molar-refractivity contribution in [1.29, 1.82) is 0 Å². The molecule has 30 heavy (non-hydrogen) atoms. The lowest BCUT2D eigenvalue weighted by molar-refractivity contribution is -0.149. The van der Waals surface area contributed by atoms with Crippen LogP contribution in [0.25, 0.3) is 21.6 Å². The van der Waals surface area contributed by atoms with Crippen molar-refractivity contribution in [2.45, 2.75) is 57.5 Å². The van der Waals surface area contributed by atoms with E-state index in [0.29, 0.717) is 29.4 Å². The topological polar surface area (TPSA) is 86.1 Å². The number of thiophene rings is 1. The van der Waals surface area contributed by atoms with Crippen molar-refractivity contribution < 1.29 is 14.3 Å². The second-order valence-electron chi connectivity index (χ2n) is 8.04. The van der Waals surface area contributed by atoms with E-state index in [9.17, 15) is 9.59 Å². The number of methoxy groups -OCH3 is 1. The minimum Gasteiger partial charge on any atom is -0.467 e. The van der Waals surface area contributed by atoms with Crippen molar-refractivity contribution >= 4 is 34.2 Å². The van der Waals surface area contributed by atoms with Crippen LogP contribution in [0.3, 0.4) is 0 Å². The Morgan fingerprint density at radius 2 is 2.03 bits per heavy atom. The molecule has 1 aliphatic rings. The first-order chi connectivity index (χ1) is 14.4. The molecule has 1 amide bonds. The molecule has 0 radical (unpaired) electrons. The Morgan fingerprint density at radius 1 is 1.27 bits per heavy atom. The van der Waals surface area contributed by atoms with Gasteiger partial charge in [-0.25, -0.2) is 14.5 Å². The van der Waals surface area contributed by atoms with E-state index in [1.165, 1.54) is 7.11 Å². The molecule has 3 aromatic rings. The van der Waals surface area contributed by atoms with Crippen LogP contribution in [0.2, 0.25) is 0 Å². The number of ether oxygens (including phenoxy) is 1. The summed E-state index contributed by atoms with van der Waals surface area (Å²) in [5.74, 6) is -0.673. The molecular formula is C22H26N4O3S. The molecule has 0 unspecified atom stereocenters. The van der Waals surface area contributed by atoms with Crippen molar-refractivity contribution in [3.05, 3.63) is 35.3 Å². The number of nitrogens with zero attached hydrogens (tertiary/aromatic N) is 3. The lowest BCUT2D eigenvalue weighted by Crippen LogP contribution is -2.56. The quantitative estimate of drug-likeness (QED) is 0.613. The minimum atomic E-state index is -0.975. The average Bonchev–Trinajstić information content (AvgIpc) is 3.42. The SMILES string of the molecule is COC(=O)C1(NC(=O)c2cc(-c3cccs3)nc3c2cnn3C(C)C)CCCCC1. The number of hydrogen-bond acceptors (Lipinski definition) is 6. The molecular weight excluding hydrogens is 400 g/mol. The number of rotatable bonds is 5. The summed E-state index contributed by atoms with van der Waals surface area (Å²) in [5.41, 5.74) is 0.887. The lowest BCUT2D eigenvalue weighted by atomic mass is 9.81. The first-order valence-electron chi connectivity index (χ1n) is 10.3. The van der Waals surface area contributed by atoms with Gasteiger partial charge in [0.15, 0.2) is 5.65 Å². The average molecular weight is 427 g/mol. The van der Waals surface area contributed by atoms with E-state index in [4.69, 9.17) is 9.72 Å². The molecule has 4 rings (SSSR count). The molecule has 3 aromatic heterocycles. The molecule has 0 bridgehead atoms. The van der Waals surface area contributed by atoms with Gasteiger partial charge in [-0.3, -0.25) is 4.79 Å². The predicted octanol–water partition coefficient (Wildman–Crippen LogP) is 4.35. The summed E-state index contributed by atoms with van der Waals surface area (Å²) in [6.45, 7) is 4.06. The Hall–Kier alpha value is -2.74. The van der Waals surface area contributed by atoms with Crippen molar-refractivity contribution in [3.63, 3.8) is 0 Å². The Morgan fingerprint density at radius 3 is 2.67 bits per heavy atom. The van der Waals surface area contributed by atoms with Gasteiger partial charge in [0, 0.05) is 6.04 Å². The molecule has 1 saturated carbocycles. The third-order valence-corrected chi connectivity index (χ3v) is 6.60. The number of nitrogens with one attached hydrogen (secondary N) is 1. The summed E-state index contributed by atoms with van der Waals surface area (Å²) in [5, 5.41) is 10.1. The zero-order valence-electron chi connectivity index (χ0n) is 17.5. The van der Waals surface area contributed by atoms with E-state index in [-0.39, 0.29) is 17.9 Å². The third kappa shape index (κ3) is 3.60. The van der Waals surface area contributed by atoms with Crippen LogP contribution >= 0.6 is 11.3 Å². The van der Waals surface area contributed by atoms with Crippen molar-refractivity contribution in [2.75, 3.05) is 7.11 Å². The van der Waals surface area contributed by atoms with Crippen LogP contribution in [-0.2, 0) is 9.53 Å². The van der Waals surface area contributed by atoms with Crippen molar-refractivity contribution in [3.8, 4) is 10.6 Å². The Labute approximate surface area is 179 Å². The summed E-state index contributed by atoms with van der Waals surface area (Å²) in [7, 11) is 1.37. The number of carbonyl (C=O) groups excluding carboxylic acids is 2. The van der Waals surface area contributed by atoms with Gasteiger partial charge in [-0.05, 0) is 44.2 Å². The fourth-order valence-corrected chi connectivity index (χ4v) is 4.84. The highest BCUT2D eigenvalue weighted by Gasteiger charge is 2.42. The minimum absolute atomic E-state index is 0.101. The normalized spacial score (nSPS) is 16.0. The summed E-state index contributed by atoms with van der Waals surface area (Å²) >= 11 is 1.57. The maximum Gasteiger partial charge on any atom is 0.331 e. The van der Waals surface area contributed by atoms with E-state index in [0.717, 1.165) is 29.8 Å². The Kier molecular flexibility index (Phi) is 5.60. The molecule has 0 atom stereocenters. The fraction of sp³-hybridized carbons (Fsp3) is 0.455. The summed E-state index contributed by atoms with van der Waals surface area (Å²) in [6.07, 6.45) is 5.67. The number of aromatic nitrogens is 3. The number of carbonyl (C=O) groups is 2. The fourth-order valence-electron chi connectivity index (χ4n) is 4.15. The van der Waals surface area contributed by atoms with Crippen LogP contribution < -0.4 is 5.32 Å². The van der Waals surface area contributed by atoms with Crippen LogP contribution in [0.5, 0.6) is 0 Å². The van der Waals surface area contributed by atoms with E-state index in [1.54, 1.807) is 23.6 Å². The standard InChI is InChI=1S/C22H26N4O3S/c1-14(2)26-19-16(13-23-26)15(12-17(24-19)18-8-7-11-30-18)20(27)25-22(21(28)29-3)9-5-4-6-10-22/h7-8,11-14H,4-6,9-10H2,1-3H3,(H,25,27). The highest BCUT2D eigenvalue weighted by molar-refractivity contribution is 7.13. The van der Waals surface area contributed by atoms with Crippen molar-refractivity contribution in [2.24, 2.45) is 0 Å². The van der Waals surface area contributed by atoms with Gasteiger partial charge in [-0.1, -0.05) is 25.3 Å². The Balaban J connectivity index is 1.80. The van der Waals surface area contributed by atoms with Crippen molar-refractivity contribution in [1.82, 2.24) is 20.1 Å². The molecule has 0 aromatic carbocycles. The number of fused-ring (bicyclic) bond motifs is 1. The molecule has 0 saturated heterocycles. The monoisotopic (exact) mass is 426 g/mol. The van der Waals surface area contributed by atoms with Gasteiger partial charge in [0.1, 0.15) is 5.54 Å². The molecule has 158 valence electrons. The largest absolute Gasteiger partial charge is 0.467 e. The molecule has 3 heterocycles. The highest BCUT2D eigenvalue weighted by Crippen LogP contribution is 2.32. The van der Waals surface area contributed by atoms with Gasteiger partial charge in [-0.15, -0.1) is 11.3 Å². The number of pyridine rings is 1. The molecule has 8 heteroatoms. The summed E-state index contributed by atoms with van der Waals surface area (Å²) in [4.78, 5) is 31.8. The molecule has 1 fully saturated rings. The highest BCUT2D eigenvalue weighted by atomic mass is 32.1. The summed E-state index contributed by atoms with van der Waals surface area (Å²) < 4.78 is 6.87. The van der Waals surface area contributed by atoms with E-state index >= 15 is 0 Å². The summed E-state index contributed by atoms with van der Waals surface area (Å²) in [6, 6.07) is 5.83. The second-order valence-corrected chi connectivity index (χ2v) is 8.99. The molecule has 1 N–H and O–H groups in total. The lowest BCUT2D eigenvalue weighted by Gasteiger charge is -2.35. The van der Waals surface area contributed by atoms with E-state index in [1.807, 2.05) is 36.0 Å². The van der Waals surface area contributed by atoms with Gasteiger partial charge in [0.2, 0.25) is 0 Å². The maximum absolute atomic E-state index is 13.5. The Bertz CT molecular complexity index is 1070. The zero-order chi connectivity index (χ0) is 21.3. The van der Waals surface area contributed by atoms with Crippen LogP contribution in [0.15, 0.2) is 29.8 Å². The predicted molar refractivity (Wildman–Crippen MR) is 117 cm³/mol. The zero-order valence-corrected chi connectivity index (χ0v) is 18.3. The first kappa shape index (κ1) is 20.5. The van der Waals surface area contributed by atoms with Crippen LogP contribution in [-0.4, -0.2) is 39.3 Å². The third-order valence-electron chi connectivity index (χ3n) is 5.71. The first-order valence-corrected chi connectivity index (χ1v) is 11.2. The smallest absolute Gasteiger partial charge is 0.331 e. The van der Waals surface area contributed by atoms with Gasteiger partial charge >= 0.3 is 5.97 Å². The molecule has 0 aliphatic heterocycles. The number of hydrogen-bond donors (Lipinski definition) is 1. The van der Waals surface area contributed by atoms with Gasteiger partial charge in [-0.2, -0.15) is 5.10 Å². The van der Waals surface area contributed by atoms with E-state index < -0.39 is 5.54 Å². The molecule has 1 aliphatic carbocycles. The van der Waals surface area contributed by atoms with Gasteiger partial charge in [0.05, 0.1) is 34.8 Å².